The molecule has 0 aliphatic carbocycles. The van der Waals surface area contributed by atoms with Gasteiger partial charge in [-0.15, -0.1) is 0 Å². The van der Waals surface area contributed by atoms with Crippen molar-refractivity contribution in [2.45, 2.75) is 53.1 Å². The average Bonchev–Trinajstić information content (AvgIpc) is 2.86. The zero-order valence-electron chi connectivity index (χ0n) is 22.7. The summed E-state index contributed by atoms with van der Waals surface area (Å²) in [6.07, 6.45) is 2.61. The summed E-state index contributed by atoms with van der Waals surface area (Å²) in [5.41, 5.74) is 5.86. The second-order valence-electron chi connectivity index (χ2n) is 10.9. The van der Waals surface area contributed by atoms with Crippen LogP contribution in [-0.4, -0.2) is 25.8 Å². The predicted molar refractivity (Wildman–Crippen MR) is 149 cm³/mol. The highest BCUT2D eigenvalue weighted by atomic mass is 16.5. The molecule has 0 bridgehead atoms. The molecular weight excluding hydrogens is 464 g/mol. The van der Waals surface area contributed by atoms with E-state index in [1.807, 2.05) is 54.6 Å². The van der Waals surface area contributed by atoms with Gasteiger partial charge in [-0.1, -0.05) is 77.1 Å². The summed E-state index contributed by atoms with van der Waals surface area (Å²) in [4.78, 5) is 12.2. The minimum atomic E-state index is -0.344. The Labute approximate surface area is 220 Å². The molecule has 0 aromatic heterocycles. The molecule has 0 heterocycles. The minimum absolute atomic E-state index is 0.0533. The van der Waals surface area contributed by atoms with Crippen molar-refractivity contribution in [3.05, 3.63) is 89.5 Å². The number of amides is 1. The number of rotatable bonds is 11. The van der Waals surface area contributed by atoms with Crippen molar-refractivity contribution in [3.63, 3.8) is 0 Å². The smallest absolute Gasteiger partial charge is 0.277 e. The van der Waals surface area contributed by atoms with Gasteiger partial charge in [-0.05, 0) is 64.3 Å². The number of carbonyl (C=O) groups excluding carboxylic acids is 1. The average molecular weight is 503 g/mol. The molecule has 0 aliphatic rings. The Hall–Kier alpha value is -3.80. The lowest BCUT2D eigenvalue weighted by molar-refractivity contribution is -0.123. The molecule has 3 aromatic carbocycles. The van der Waals surface area contributed by atoms with E-state index >= 15 is 0 Å². The van der Waals surface area contributed by atoms with Crippen LogP contribution >= 0.6 is 0 Å². The standard InChI is InChI=1S/C31H38N2O4/c1-30(2,3)22-31(4,5)25-13-15-26(16-14-25)36-21-29(34)33-32-19-24-12-17-27(28(18-24)35-6)37-20-23-10-8-7-9-11-23/h7-19H,20-22H2,1-6H3,(H,33,34)/b32-19+. The van der Waals surface area contributed by atoms with E-state index < -0.39 is 0 Å². The quantitative estimate of drug-likeness (QED) is 0.239. The third-order valence-electron chi connectivity index (χ3n) is 5.81. The lowest BCUT2D eigenvalue weighted by atomic mass is 9.72. The number of hydrazone groups is 1. The fraction of sp³-hybridized carbons (Fsp3) is 0.355. The first kappa shape index (κ1) is 27.8. The van der Waals surface area contributed by atoms with Crippen LogP contribution in [0.25, 0.3) is 0 Å². The summed E-state index contributed by atoms with van der Waals surface area (Å²) in [5.74, 6) is 1.52. The van der Waals surface area contributed by atoms with Gasteiger partial charge >= 0.3 is 0 Å². The maximum absolute atomic E-state index is 12.2. The molecule has 1 amide bonds. The molecule has 6 nitrogen and oxygen atoms in total. The number of carbonyl (C=O) groups is 1. The molecule has 37 heavy (non-hydrogen) atoms. The van der Waals surface area contributed by atoms with Crippen molar-refractivity contribution >= 4 is 12.1 Å². The van der Waals surface area contributed by atoms with Gasteiger partial charge in [0.15, 0.2) is 18.1 Å². The number of nitrogens with zero attached hydrogens (tertiary/aromatic N) is 1. The Morgan fingerprint density at radius 3 is 2.24 bits per heavy atom. The Bertz CT molecular complexity index is 1180. The zero-order valence-corrected chi connectivity index (χ0v) is 22.7. The van der Waals surface area contributed by atoms with E-state index in [2.05, 4.69) is 57.3 Å². The number of benzene rings is 3. The lowest BCUT2D eigenvalue weighted by Crippen LogP contribution is -2.25. The lowest BCUT2D eigenvalue weighted by Gasteiger charge is -2.33. The van der Waals surface area contributed by atoms with Crippen molar-refractivity contribution in [2.24, 2.45) is 10.5 Å². The predicted octanol–water partition coefficient (Wildman–Crippen LogP) is 6.52. The fourth-order valence-electron chi connectivity index (χ4n) is 4.41. The largest absolute Gasteiger partial charge is 0.493 e. The summed E-state index contributed by atoms with van der Waals surface area (Å²) in [6.45, 7) is 11.6. The van der Waals surface area contributed by atoms with Crippen molar-refractivity contribution in [1.82, 2.24) is 5.43 Å². The molecule has 3 aromatic rings. The summed E-state index contributed by atoms with van der Waals surface area (Å²) in [6, 6.07) is 23.3. The van der Waals surface area contributed by atoms with Crippen LogP contribution in [-0.2, 0) is 16.8 Å². The molecule has 0 saturated heterocycles. The van der Waals surface area contributed by atoms with Gasteiger partial charge in [0.25, 0.3) is 5.91 Å². The Morgan fingerprint density at radius 2 is 1.59 bits per heavy atom. The SMILES string of the molecule is COc1cc(/C=N/NC(=O)COc2ccc(C(C)(C)CC(C)(C)C)cc2)ccc1OCc1ccccc1. The fourth-order valence-corrected chi connectivity index (χ4v) is 4.41. The molecule has 0 atom stereocenters. The van der Waals surface area contributed by atoms with E-state index in [-0.39, 0.29) is 23.3 Å². The third kappa shape index (κ3) is 8.98. The van der Waals surface area contributed by atoms with Gasteiger partial charge in [0.05, 0.1) is 13.3 Å². The van der Waals surface area contributed by atoms with E-state index in [4.69, 9.17) is 14.2 Å². The first-order chi connectivity index (χ1) is 17.6. The zero-order chi connectivity index (χ0) is 26.9. The van der Waals surface area contributed by atoms with Gasteiger partial charge < -0.3 is 14.2 Å². The van der Waals surface area contributed by atoms with E-state index in [1.165, 1.54) is 5.56 Å². The summed E-state index contributed by atoms with van der Waals surface area (Å²) >= 11 is 0. The van der Waals surface area contributed by atoms with Gasteiger partial charge in [0.1, 0.15) is 12.4 Å². The third-order valence-corrected chi connectivity index (χ3v) is 5.81. The highest BCUT2D eigenvalue weighted by Gasteiger charge is 2.27. The van der Waals surface area contributed by atoms with Crippen LogP contribution in [0.2, 0.25) is 0 Å². The van der Waals surface area contributed by atoms with Crippen molar-refractivity contribution in [3.8, 4) is 17.2 Å². The van der Waals surface area contributed by atoms with E-state index in [0.29, 0.717) is 23.9 Å². The maximum Gasteiger partial charge on any atom is 0.277 e. The first-order valence-corrected chi connectivity index (χ1v) is 12.5. The Morgan fingerprint density at radius 1 is 0.892 bits per heavy atom. The highest BCUT2D eigenvalue weighted by Crippen LogP contribution is 2.36. The second-order valence-corrected chi connectivity index (χ2v) is 10.9. The molecule has 0 aliphatic heterocycles. The van der Waals surface area contributed by atoms with Gasteiger partial charge in [-0.3, -0.25) is 4.79 Å². The van der Waals surface area contributed by atoms with Crippen molar-refractivity contribution < 1.29 is 19.0 Å². The number of hydrogen-bond acceptors (Lipinski definition) is 5. The molecule has 0 unspecified atom stereocenters. The van der Waals surface area contributed by atoms with Crippen LogP contribution in [0.4, 0.5) is 0 Å². The first-order valence-electron chi connectivity index (χ1n) is 12.5. The molecule has 3 rings (SSSR count). The molecule has 0 spiro atoms. The Balaban J connectivity index is 1.48. The number of ether oxygens (including phenoxy) is 3. The van der Waals surface area contributed by atoms with Crippen molar-refractivity contribution in [1.29, 1.82) is 0 Å². The molecule has 0 fully saturated rings. The number of hydrogen-bond donors (Lipinski definition) is 1. The summed E-state index contributed by atoms with van der Waals surface area (Å²) in [5, 5.41) is 4.03. The monoisotopic (exact) mass is 502 g/mol. The highest BCUT2D eigenvalue weighted by molar-refractivity contribution is 5.83. The van der Waals surface area contributed by atoms with Crippen LogP contribution in [0, 0.1) is 5.41 Å². The van der Waals surface area contributed by atoms with Gasteiger partial charge in [0, 0.05) is 0 Å². The van der Waals surface area contributed by atoms with Gasteiger partial charge in [-0.2, -0.15) is 5.10 Å². The van der Waals surface area contributed by atoms with Gasteiger partial charge in [-0.25, -0.2) is 5.43 Å². The number of nitrogens with one attached hydrogen (secondary N) is 1. The second kappa shape index (κ2) is 12.4. The molecule has 196 valence electrons. The van der Waals surface area contributed by atoms with Crippen LogP contribution in [0.5, 0.6) is 17.2 Å². The topological polar surface area (TPSA) is 69.2 Å². The molecule has 0 radical (unpaired) electrons. The van der Waals surface area contributed by atoms with Crippen LogP contribution < -0.4 is 19.6 Å². The molecular formula is C31H38N2O4. The maximum atomic E-state index is 12.2. The molecule has 6 heteroatoms. The van der Waals surface area contributed by atoms with E-state index in [9.17, 15) is 4.79 Å². The van der Waals surface area contributed by atoms with Crippen LogP contribution in [0.15, 0.2) is 77.9 Å². The normalized spacial score (nSPS) is 11.8. The van der Waals surface area contributed by atoms with Crippen molar-refractivity contribution in [2.75, 3.05) is 13.7 Å². The van der Waals surface area contributed by atoms with Gasteiger partial charge in [0.2, 0.25) is 0 Å². The number of methoxy groups -OCH3 is 1. The molecule has 0 saturated carbocycles. The summed E-state index contributed by atoms with van der Waals surface area (Å²) < 4.78 is 17.0. The molecule has 1 N–H and O–H groups in total. The Kier molecular flexibility index (Phi) is 9.34. The summed E-state index contributed by atoms with van der Waals surface area (Å²) in [7, 11) is 1.59. The van der Waals surface area contributed by atoms with Crippen LogP contribution in [0.1, 0.15) is 57.7 Å². The van der Waals surface area contributed by atoms with E-state index in [1.54, 1.807) is 19.4 Å². The minimum Gasteiger partial charge on any atom is -0.493 e. The van der Waals surface area contributed by atoms with E-state index in [0.717, 1.165) is 17.5 Å². The van der Waals surface area contributed by atoms with Crippen LogP contribution in [0.3, 0.4) is 0 Å².